The Hall–Kier alpha value is -2.01. The molecule has 21 heavy (non-hydrogen) atoms. The molecule has 2 rings (SSSR count). The van der Waals surface area contributed by atoms with Gasteiger partial charge in [-0.25, -0.2) is 0 Å². The van der Waals surface area contributed by atoms with Crippen LogP contribution in [0.2, 0.25) is 5.02 Å². The number of benzene rings is 1. The lowest BCUT2D eigenvalue weighted by Gasteiger charge is -2.15. The number of aryl methyl sites for hydroxylation is 2. The smallest absolute Gasteiger partial charge is 0.254 e. The molecule has 0 bridgehead atoms. The van der Waals surface area contributed by atoms with Gasteiger partial charge in [0.2, 0.25) is 0 Å². The second-order valence-corrected chi connectivity index (χ2v) is 5.33. The highest BCUT2D eigenvalue weighted by atomic mass is 35.5. The Labute approximate surface area is 128 Å². The predicted molar refractivity (Wildman–Crippen MR) is 81.8 cm³/mol. The van der Waals surface area contributed by atoms with Gasteiger partial charge in [0.25, 0.3) is 5.91 Å². The molecule has 0 saturated heterocycles. The lowest BCUT2D eigenvalue weighted by atomic mass is 10.2. The standard InChI is InChI=1S/C15H18ClN3O2/c1-10(21-13-6-4-12(16)5-7-13)8-17-15(20)14-9-19(3)18-11(14)2/h4-7,9-10H,8H2,1-3H3,(H,17,20)/t10-/m1/s1. The molecule has 1 atom stereocenters. The van der Waals surface area contributed by atoms with Crippen LogP contribution in [0.15, 0.2) is 30.5 Å². The number of halogens is 1. The summed E-state index contributed by atoms with van der Waals surface area (Å²) in [6.07, 6.45) is 1.56. The summed E-state index contributed by atoms with van der Waals surface area (Å²) in [5, 5.41) is 7.65. The minimum atomic E-state index is -0.146. The molecule has 1 amide bonds. The highest BCUT2D eigenvalue weighted by Crippen LogP contribution is 2.16. The lowest BCUT2D eigenvalue weighted by Crippen LogP contribution is -2.33. The van der Waals surface area contributed by atoms with Crippen LogP contribution in [0.25, 0.3) is 0 Å². The van der Waals surface area contributed by atoms with Gasteiger partial charge in [-0.15, -0.1) is 0 Å². The van der Waals surface area contributed by atoms with Gasteiger partial charge in [-0.1, -0.05) is 11.6 Å². The van der Waals surface area contributed by atoms with E-state index in [1.807, 2.05) is 13.8 Å². The molecule has 0 spiro atoms. The maximum absolute atomic E-state index is 12.0. The second kappa shape index (κ2) is 6.63. The van der Waals surface area contributed by atoms with Crippen molar-refractivity contribution in [3.8, 4) is 5.75 Å². The molecule has 0 fully saturated rings. The third-order valence-corrected chi connectivity index (χ3v) is 3.21. The minimum absolute atomic E-state index is 0.146. The molecule has 1 aromatic heterocycles. The zero-order chi connectivity index (χ0) is 15.4. The molecular formula is C15H18ClN3O2. The van der Waals surface area contributed by atoms with Crippen LogP contribution in [-0.2, 0) is 7.05 Å². The monoisotopic (exact) mass is 307 g/mol. The van der Waals surface area contributed by atoms with Crippen molar-refractivity contribution in [3.05, 3.63) is 46.7 Å². The fourth-order valence-corrected chi connectivity index (χ4v) is 2.07. The van der Waals surface area contributed by atoms with E-state index in [9.17, 15) is 4.79 Å². The van der Waals surface area contributed by atoms with Gasteiger partial charge < -0.3 is 10.1 Å². The summed E-state index contributed by atoms with van der Waals surface area (Å²) in [4.78, 5) is 12.0. The van der Waals surface area contributed by atoms with E-state index in [1.165, 1.54) is 0 Å². The van der Waals surface area contributed by atoms with E-state index in [-0.39, 0.29) is 12.0 Å². The second-order valence-electron chi connectivity index (χ2n) is 4.89. The van der Waals surface area contributed by atoms with Gasteiger partial charge in [0.05, 0.1) is 17.8 Å². The number of hydrogen-bond acceptors (Lipinski definition) is 3. The van der Waals surface area contributed by atoms with E-state index in [2.05, 4.69) is 10.4 Å². The molecule has 2 aromatic rings. The van der Waals surface area contributed by atoms with Crippen LogP contribution in [0.5, 0.6) is 5.75 Å². The first kappa shape index (κ1) is 15.4. The first-order chi connectivity index (χ1) is 9.95. The van der Waals surface area contributed by atoms with Crippen molar-refractivity contribution < 1.29 is 9.53 Å². The molecule has 0 radical (unpaired) electrons. The summed E-state index contributed by atoms with van der Waals surface area (Å²) in [6, 6.07) is 7.13. The third-order valence-electron chi connectivity index (χ3n) is 2.96. The van der Waals surface area contributed by atoms with Crippen molar-refractivity contribution >= 4 is 17.5 Å². The average molecular weight is 308 g/mol. The summed E-state index contributed by atoms with van der Waals surface area (Å²) in [7, 11) is 1.79. The highest BCUT2D eigenvalue weighted by Gasteiger charge is 2.13. The van der Waals surface area contributed by atoms with Gasteiger partial charge in [-0.05, 0) is 38.1 Å². The number of nitrogens with zero attached hydrogens (tertiary/aromatic N) is 2. The fourth-order valence-electron chi connectivity index (χ4n) is 1.94. The van der Waals surface area contributed by atoms with Gasteiger partial charge in [-0.3, -0.25) is 9.48 Å². The van der Waals surface area contributed by atoms with Crippen molar-refractivity contribution in [1.82, 2.24) is 15.1 Å². The van der Waals surface area contributed by atoms with Crippen LogP contribution >= 0.6 is 11.6 Å². The summed E-state index contributed by atoms with van der Waals surface area (Å²) < 4.78 is 7.32. The van der Waals surface area contributed by atoms with Gasteiger partial charge in [0, 0.05) is 18.3 Å². The van der Waals surface area contributed by atoms with Crippen LogP contribution in [0, 0.1) is 6.92 Å². The number of amides is 1. The van der Waals surface area contributed by atoms with Gasteiger partial charge in [-0.2, -0.15) is 5.10 Å². The summed E-state index contributed by atoms with van der Waals surface area (Å²) in [5.41, 5.74) is 1.29. The van der Waals surface area contributed by atoms with E-state index in [0.717, 1.165) is 5.75 Å². The van der Waals surface area contributed by atoms with Crippen LogP contribution in [0.1, 0.15) is 23.0 Å². The number of carbonyl (C=O) groups is 1. The van der Waals surface area contributed by atoms with E-state index < -0.39 is 0 Å². The number of aromatic nitrogens is 2. The largest absolute Gasteiger partial charge is 0.489 e. The van der Waals surface area contributed by atoms with Crippen molar-refractivity contribution in [3.63, 3.8) is 0 Å². The molecule has 1 heterocycles. The van der Waals surface area contributed by atoms with Gasteiger partial charge >= 0.3 is 0 Å². The molecule has 0 aliphatic rings. The van der Waals surface area contributed by atoms with Crippen LogP contribution in [0.3, 0.4) is 0 Å². The molecular weight excluding hydrogens is 290 g/mol. The Morgan fingerprint density at radius 3 is 2.67 bits per heavy atom. The molecule has 0 unspecified atom stereocenters. The normalized spacial score (nSPS) is 12.0. The topological polar surface area (TPSA) is 56.2 Å². The first-order valence-corrected chi connectivity index (χ1v) is 7.04. The van der Waals surface area contributed by atoms with E-state index >= 15 is 0 Å². The maximum Gasteiger partial charge on any atom is 0.254 e. The molecule has 0 aliphatic heterocycles. The van der Waals surface area contributed by atoms with Crippen LogP contribution < -0.4 is 10.1 Å². The summed E-state index contributed by atoms with van der Waals surface area (Å²) in [6.45, 7) is 4.11. The Balaban J connectivity index is 1.86. The first-order valence-electron chi connectivity index (χ1n) is 6.66. The molecule has 1 aromatic carbocycles. The zero-order valence-corrected chi connectivity index (χ0v) is 13.0. The zero-order valence-electron chi connectivity index (χ0n) is 12.3. The Morgan fingerprint density at radius 2 is 2.10 bits per heavy atom. The maximum atomic E-state index is 12.0. The van der Waals surface area contributed by atoms with E-state index in [4.69, 9.17) is 16.3 Å². The highest BCUT2D eigenvalue weighted by molar-refractivity contribution is 6.30. The Bertz CT molecular complexity index is 622. The van der Waals surface area contributed by atoms with Crippen molar-refractivity contribution in [1.29, 1.82) is 0 Å². The Kier molecular flexibility index (Phi) is 4.85. The lowest BCUT2D eigenvalue weighted by molar-refractivity contribution is 0.0931. The molecule has 0 aliphatic carbocycles. The number of hydrogen-bond donors (Lipinski definition) is 1. The number of carbonyl (C=O) groups excluding carboxylic acids is 1. The molecule has 5 nitrogen and oxygen atoms in total. The molecule has 0 saturated carbocycles. The molecule has 112 valence electrons. The molecule has 1 N–H and O–H groups in total. The van der Waals surface area contributed by atoms with Crippen LogP contribution in [-0.4, -0.2) is 28.3 Å². The number of nitrogens with one attached hydrogen (secondary N) is 1. The number of rotatable bonds is 5. The van der Waals surface area contributed by atoms with Gasteiger partial charge in [0.15, 0.2) is 0 Å². The Morgan fingerprint density at radius 1 is 1.43 bits per heavy atom. The third kappa shape index (κ3) is 4.23. The van der Waals surface area contributed by atoms with Crippen LogP contribution in [0.4, 0.5) is 0 Å². The minimum Gasteiger partial charge on any atom is -0.489 e. The average Bonchev–Trinajstić information content (AvgIpc) is 2.78. The summed E-state index contributed by atoms with van der Waals surface area (Å²) in [5.74, 6) is 0.575. The van der Waals surface area contributed by atoms with Gasteiger partial charge in [0.1, 0.15) is 11.9 Å². The fraction of sp³-hybridized carbons (Fsp3) is 0.333. The summed E-state index contributed by atoms with van der Waals surface area (Å²) >= 11 is 5.82. The number of ether oxygens (including phenoxy) is 1. The van der Waals surface area contributed by atoms with E-state index in [0.29, 0.717) is 22.8 Å². The molecule has 6 heteroatoms. The van der Waals surface area contributed by atoms with Crippen molar-refractivity contribution in [2.45, 2.75) is 20.0 Å². The quantitative estimate of drug-likeness (QED) is 0.923. The van der Waals surface area contributed by atoms with Crippen molar-refractivity contribution in [2.24, 2.45) is 7.05 Å². The SMILES string of the molecule is Cc1nn(C)cc1C(=O)NC[C@@H](C)Oc1ccc(Cl)cc1. The predicted octanol–water partition coefficient (Wildman–Crippen LogP) is 2.58. The van der Waals surface area contributed by atoms with E-state index in [1.54, 1.807) is 42.2 Å². The van der Waals surface area contributed by atoms with Crippen molar-refractivity contribution in [2.75, 3.05) is 6.54 Å².